The second-order valence-electron chi connectivity index (χ2n) is 3.56. The molecule has 1 N–H and O–H groups in total. The molecule has 1 aromatic rings. The molecule has 0 amide bonds. The van der Waals surface area contributed by atoms with Crippen molar-refractivity contribution < 1.29 is 17.6 Å². The van der Waals surface area contributed by atoms with Crippen molar-refractivity contribution in [2.75, 3.05) is 11.9 Å². The van der Waals surface area contributed by atoms with Gasteiger partial charge in [0.25, 0.3) is 5.56 Å². The third kappa shape index (κ3) is 3.79. The van der Waals surface area contributed by atoms with Crippen molar-refractivity contribution in [3.8, 4) is 0 Å². The average Bonchev–Trinajstić information content (AvgIpc) is 2.34. The van der Waals surface area contributed by atoms with Gasteiger partial charge in [0, 0.05) is 0 Å². The zero-order valence-corrected chi connectivity index (χ0v) is 11.1. The van der Waals surface area contributed by atoms with Crippen LogP contribution in [0, 0.1) is 0 Å². The molecule has 0 saturated carbocycles. The molecule has 1 rings (SSSR count). The first-order valence-electron chi connectivity index (χ1n) is 5.06. The van der Waals surface area contributed by atoms with Crippen LogP contribution >= 0.6 is 15.9 Å². The van der Waals surface area contributed by atoms with Gasteiger partial charge in [0.1, 0.15) is 4.47 Å². The number of halogens is 5. The van der Waals surface area contributed by atoms with Crippen LogP contribution in [-0.2, 0) is 6.54 Å². The minimum atomic E-state index is -4.19. The maximum atomic E-state index is 12.7. The summed E-state index contributed by atoms with van der Waals surface area (Å²) >= 11 is 2.90. The number of hydrogen-bond donors (Lipinski definition) is 1. The Morgan fingerprint density at radius 2 is 2.21 bits per heavy atom. The molecule has 0 aromatic carbocycles. The standard InChI is InChI=1S/C10H10BrF4N3O/c1-2-3-18-8(19)7(11)6(4-17-18)16-5-10(14,15)9(12)13/h2,4,9,16H,1,3,5H2. The van der Waals surface area contributed by atoms with Crippen molar-refractivity contribution in [1.29, 1.82) is 0 Å². The van der Waals surface area contributed by atoms with Gasteiger partial charge < -0.3 is 5.32 Å². The number of rotatable bonds is 6. The first kappa shape index (κ1) is 15.7. The highest BCUT2D eigenvalue weighted by Crippen LogP contribution is 2.24. The molecule has 0 saturated heterocycles. The van der Waals surface area contributed by atoms with E-state index in [1.165, 1.54) is 6.08 Å². The fraction of sp³-hybridized carbons (Fsp3) is 0.400. The maximum absolute atomic E-state index is 12.7. The van der Waals surface area contributed by atoms with E-state index in [0.717, 1.165) is 10.9 Å². The van der Waals surface area contributed by atoms with E-state index in [0.29, 0.717) is 0 Å². The highest BCUT2D eigenvalue weighted by atomic mass is 79.9. The largest absolute Gasteiger partial charge is 0.376 e. The molecule has 0 radical (unpaired) electrons. The van der Waals surface area contributed by atoms with E-state index in [9.17, 15) is 22.4 Å². The van der Waals surface area contributed by atoms with Crippen molar-refractivity contribution in [3.05, 3.63) is 33.7 Å². The number of aromatic nitrogens is 2. The van der Waals surface area contributed by atoms with Crippen LogP contribution in [0.2, 0.25) is 0 Å². The average molecular weight is 344 g/mol. The number of hydrogen-bond acceptors (Lipinski definition) is 3. The van der Waals surface area contributed by atoms with Crippen LogP contribution in [0.4, 0.5) is 23.2 Å². The third-order valence-electron chi connectivity index (χ3n) is 2.12. The number of nitrogens with one attached hydrogen (secondary N) is 1. The summed E-state index contributed by atoms with van der Waals surface area (Å²) < 4.78 is 50.3. The second kappa shape index (κ2) is 6.18. The maximum Gasteiger partial charge on any atom is 0.324 e. The van der Waals surface area contributed by atoms with Crippen LogP contribution in [0.5, 0.6) is 0 Å². The molecule has 0 bridgehead atoms. The summed E-state index contributed by atoms with van der Waals surface area (Å²) in [5, 5.41) is 5.75. The lowest BCUT2D eigenvalue weighted by Gasteiger charge is -2.17. The van der Waals surface area contributed by atoms with Gasteiger partial charge in [-0.25, -0.2) is 13.5 Å². The molecule has 0 aliphatic heterocycles. The van der Waals surface area contributed by atoms with Crippen LogP contribution in [0.3, 0.4) is 0 Å². The molecule has 0 spiro atoms. The summed E-state index contributed by atoms with van der Waals surface area (Å²) in [5.41, 5.74) is -0.657. The normalized spacial score (nSPS) is 11.7. The summed E-state index contributed by atoms with van der Waals surface area (Å²) in [6.07, 6.45) is -1.26. The molecular formula is C10H10BrF4N3O. The van der Waals surface area contributed by atoms with Crippen LogP contribution in [0.25, 0.3) is 0 Å². The predicted molar refractivity (Wildman–Crippen MR) is 65.8 cm³/mol. The van der Waals surface area contributed by atoms with E-state index in [-0.39, 0.29) is 16.7 Å². The van der Waals surface area contributed by atoms with Gasteiger partial charge in [0.2, 0.25) is 0 Å². The number of nitrogens with zero attached hydrogens (tertiary/aromatic N) is 2. The van der Waals surface area contributed by atoms with Crippen LogP contribution < -0.4 is 10.9 Å². The van der Waals surface area contributed by atoms with Gasteiger partial charge in [-0.05, 0) is 15.9 Å². The second-order valence-corrected chi connectivity index (χ2v) is 4.36. The summed E-state index contributed by atoms with van der Waals surface area (Å²) in [7, 11) is 0. The Kier molecular flexibility index (Phi) is 5.10. The highest BCUT2D eigenvalue weighted by Gasteiger charge is 2.40. The topological polar surface area (TPSA) is 46.9 Å². The Labute approximate surface area is 114 Å². The molecular weight excluding hydrogens is 334 g/mol. The molecule has 19 heavy (non-hydrogen) atoms. The molecule has 0 aliphatic carbocycles. The monoisotopic (exact) mass is 343 g/mol. The molecule has 1 aromatic heterocycles. The first-order chi connectivity index (χ1) is 8.79. The van der Waals surface area contributed by atoms with Crippen molar-refractivity contribution in [1.82, 2.24) is 9.78 Å². The molecule has 9 heteroatoms. The minimum Gasteiger partial charge on any atom is -0.376 e. The van der Waals surface area contributed by atoms with Gasteiger partial charge >= 0.3 is 12.3 Å². The molecule has 0 atom stereocenters. The Bertz CT molecular complexity index is 518. The Morgan fingerprint density at radius 3 is 2.74 bits per heavy atom. The number of anilines is 1. The molecule has 4 nitrogen and oxygen atoms in total. The Hall–Kier alpha value is -1.38. The predicted octanol–water partition coefficient (Wildman–Crippen LogP) is 2.50. The zero-order chi connectivity index (χ0) is 14.6. The summed E-state index contributed by atoms with van der Waals surface area (Å²) in [5.74, 6) is -4.19. The highest BCUT2D eigenvalue weighted by molar-refractivity contribution is 9.10. The van der Waals surface area contributed by atoms with Crippen molar-refractivity contribution in [3.63, 3.8) is 0 Å². The fourth-order valence-corrected chi connectivity index (χ4v) is 1.58. The van der Waals surface area contributed by atoms with Crippen molar-refractivity contribution in [2.24, 2.45) is 0 Å². The number of alkyl halides is 4. The van der Waals surface area contributed by atoms with Gasteiger partial charge in [-0.2, -0.15) is 13.9 Å². The van der Waals surface area contributed by atoms with Gasteiger partial charge in [-0.15, -0.1) is 6.58 Å². The molecule has 106 valence electrons. The number of allylic oxidation sites excluding steroid dienone is 1. The van der Waals surface area contributed by atoms with Crippen LogP contribution in [0.1, 0.15) is 0 Å². The minimum absolute atomic E-state index is 0.0607. The summed E-state index contributed by atoms with van der Waals surface area (Å²) in [6, 6.07) is 0. The van der Waals surface area contributed by atoms with E-state index < -0.39 is 24.5 Å². The first-order valence-corrected chi connectivity index (χ1v) is 5.85. The van der Waals surface area contributed by atoms with Crippen LogP contribution in [0.15, 0.2) is 28.1 Å². The van der Waals surface area contributed by atoms with E-state index in [4.69, 9.17) is 0 Å². The fourth-order valence-electron chi connectivity index (χ4n) is 1.13. The lowest BCUT2D eigenvalue weighted by molar-refractivity contribution is -0.117. The van der Waals surface area contributed by atoms with Gasteiger partial charge in [-0.1, -0.05) is 6.08 Å². The Balaban J connectivity index is 2.90. The summed E-state index contributed by atoms with van der Waals surface area (Å²) in [4.78, 5) is 11.7. The lowest BCUT2D eigenvalue weighted by atomic mass is 10.3. The smallest absolute Gasteiger partial charge is 0.324 e. The molecule has 1 heterocycles. The third-order valence-corrected chi connectivity index (χ3v) is 2.89. The van der Waals surface area contributed by atoms with E-state index >= 15 is 0 Å². The molecule has 0 aliphatic rings. The zero-order valence-electron chi connectivity index (χ0n) is 9.55. The van der Waals surface area contributed by atoms with Crippen molar-refractivity contribution >= 4 is 21.6 Å². The quantitative estimate of drug-likeness (QED) is 0.637. The van der Waals surface area contributed by atoms with E-state index in [2.05, 4.69) is 32.9 Å². The molecule has 0 unspecified atom stereocenters. The van der Waals surface area contributed by atoms with Gasteiger partial charge in [0.15, 0.2) is 0 Å². The van der Waals surface area contributed by atoms with E-state index in [1.807, 2.05) is 0 Å². The molecule has 0 fully saturated rings. The van der Waals surface area contributed by atoms with Gasteiger partial charge in [-0.3, -0.25) is 4.79 Å². The Morgan fingerprint density at radius 1 is 1.58 bits per heavy atom. The van der Waals surface area contributed by atoms with Gasteiger partial charge in [0.05, 0.1) is 25.0 Å². The summed E-state index contributed by atoms with van der Waals surface area (Å²) in [6.45, 7) is 2.27. The SMILES string of the molecule is C=CCn1ncc(NCC(F)(F)C(F)F)c(Br)c1=O. The van der Waals surface area contributed by atoms with E-state index in [1.54, 1.807) is 0 Å². The lowest BCUT2D eigenvalue weighted by Crippen LogP contribution is -2.35. The van der Waals surface area contributed by atoms with Crippen LogP contribution in [-0.4, -0.2) is 28.7 Å². The van der Waals surface area contributed by atoms with Crippen molar-refractivity contribution in [2.45, 2.75) is 18.9 Å².